The Kier molecular flexibility index (Phi) is 3.95. The Labute approximate surface area is 115 Å². The van der Waals surface area contributed by atoms with E-state index in [2.05, 4.69) is 36.1 Å². The van der Waals surface area contributed by atoms with Gasteiger partial charge in [-0.1, -0.05) is 29.8 Å². The summed E-state index contributed by atoms with van der Waals surface area (Å²) in [6, 6.07) is 8.28. The average Bonchev–Trinajstić information content (AvgIpc) is 3.04. The molecule has 1 fully saturated rings. The van der Waals surface area contributed by atoms with Crippen molar-refractivity contribution in [1.82, 2.24) is 4.90 Å². The molecule has 1 saturated carbocycles. The molecule has 2 unspecified atom stereocenters. The van der Waals surface area contributed by atoms with Gasteiger partial charge in [0.25, 0.3) is 0 Å². The average molecular weight is 261 g/mol. The van der Waals surface area contributed by atoms with Crippen molar-refractivity contribution in [2.24, 2.45) is 5.92 Å². The summed E-state index contributed by atoms with van der Waals surface area (Å²) < 4.78 is 5.31. The molecule has 1 aliphatic rings. The van der Waals surface area contributed by atoms with Gasteiger partial charge < -0.3 is 9.64 Å². The Hall–Kier alpha value is -1.35. The predicted octanol–water partition coefficient (Wildman–Crippen LogP) is 2.38. The highest BCUT2D eigenvalue weighted by Gasteiger charge is 2.62. The number of carbonyl (C=O) groups is 1. The van der Waals surface area contributed by atoms with Crippen molar-refractivity contribution in [3.63, 3.8) is 0 Å². The molecular weight excluding hydrogens is 238 g/mol. The smallest absolute Gasteiger partial charge is 0.316 e. The van der Waals surface area contributed by atoms with Crippen LogP contribution in [-0.2, 0) is 14.9 Å². The van der Waals surface area contributed by atoms with E-state index in [1.807, 2.05) is 21.0 Å². The number of hydrogen-bond donors (Lipinski definition) is 0. The van der Waals surface area contributed by atoms with Crippen LogP contribution in [0.1, 0.15) is 24.5 Å². The van der Waals surface area contributed by atoms with E-state index in [0.29, 0.717) is 12.5 Å². The van der Waals surface area contributed by atoms with E-state index in [9.17, 15) is 4.79 Å². The van der Waals surface area contributed by atoms with Crippen molar-refractivity contribution >= 4 is 5.97 Å². The molecular formula is C16H23NO2. The summed E-state index contributed by atoms with van der Waals surface area (Å²) in [5.41, 5.74) is 1.91. The van der Waals surface area contributed by atoms with E-state index in [1.54, 1.807) is 0 Å². The Bertz CT molecular complexity index is 452. The SMILES string of the molecule is CCOC(=O)C1(c2ccc(C)cc2)CC1CN(C)C. The Morgan fingerprint density at radius 2 is 2.00 bits per heavy atom. The summed E-state index contributed by atoms with van der Waals surface area (Å²) in [7, 11) is 4.09. The minimum atomic E-state index is -0.409. The lowest BCUT2D eigenvalue weighted by Gasteiger charge is -2.18. The minimum absolute atomic E-state index is 0.0642. The Morgan fingerprint density at radius 3 is 2.53 bits per heavy atom. The van der Waals surface area contributed by atoms with Crippen LogP contribution in [0.25, 0.3) is 0 Å². The van der Waals surface area contributed by atoms with Crippen molar-refractivity contribution in [2.45, 2.75) is 25.7 Å². The zero-order chi connectivity index (χ0) is 14.0. The lowest BCUT2D eigenvalue weighted by Crippen LogP contribution is -2.29. The fraction of sp³-hybridized carbons (Fsp3) is 0.562. The Balaban J connectivity index is 2.26. The topological polar surface area (TPSA) is 29.5 Å². The second-order valence-corrected chi connectivity index (χ2v) is 5.72. The molecule has 0 aromatic heterocycles. The van der Waals surface area contributed by atoms with Crippen molar-refractivity contribution < 1.29 is 9.53 Å². The lowest BCUT2D eigenvalue weighted by molar-refractivity contribution is -0.146. The highest BCUT2D eigenvalue weighted by Crippen LogP contribution is 2.55. The van der Waals surface area contributed by atoms with Gasteiger partial charge in [0, 0.05) is 6.54 Å². The Morgan fingerprint density at radius 1 is 1.37 bits per heavy atom. The minimum Gasteiger partial charge on any atom is -0.465 e. The molecule has 104 valence electrons. The highest BCUT2D eigenvalue weighted by atomic mass is 16.5. The number of ether oxygens (including phenoxy) is 1. The molecule has 1 aromatic rings. The number of nitrogens with zero attached hydrogens (tertiary/aromatic N) is 1. The predicted molar refractivity (Wildman–Crippen MR) is 76.2 cm³/mol. The third-order valence-electron chi connectivity index (χ3n) is 3.90. The summed E-state index contributed by atoms with van der Waals surface area (Å²) in [6.45, 7) is 5.29. The maximum absolute atomic E-state index is 12.4. The molecule has 0 aliphatic heterocycles. The molecule has 1 aromatic carbocycles. The van der Waals surface area contributed by atoms with Gasteiger partial charge in [-0.25, -0.2) is 0 Å². The van der Waals surface area contributed by atoms with E-state index in [0.717, 1.165) is 18.5 Å². The first kappa shape index (κ1) is 14.1. The fourth-order valence-corrected chi connectivity index (χ4v) is 2.82. The third kappa shape index (κ3) is 2.66. The monoisotopic (exact) mass is 261 g/mol. The number of esters is 1. The summed E-state index contributed by atoms with van der Waals surface area (Å²) >= 11 is 0. The molecule has 0 heterocycles. The van der Waals surface area contributed by atoms with Crippen LogP contribution < -0.4 is 0 Å². The molecule has 0 saturated heterocycles. The normalized spacial score (nSPS) is 25.4. The van der Waals surface area contributed by atoms with Gasteiger partial charge in [0.2, 0.25) is 0 Å². The van der Waals surface area contributed by atoms with Gasteiger partial charge >= 0.3 is 5.97 Å². The maximum atomic E-state index is 12.4. The number of benzene rings is 1. The molecule has 1 aliphatic carbocycles. The van der Waals surface area contributed by atoms with Gasteiger partial charge in [-0.05, 0) is 45.8 Å². The van der Waals surface area contributed by atoms with Crippen LogP contribution in [0, 0.1) is 12.8 Å². The molecule has 0 bridgehead atoms. The van der Waals surface area contributed by atoms with Crippen LogP contribution in [0.2, 0.25) is 0 Å². The molecule has 0 radical (unpaired) electrons. The number of hydrogen-bond acceptors (Lipinski definition) is 3. The zero-order valence-electron chi connectivity index (χ0n) is 12.3. The second kappa shape index (κ2) is 5.33. The van der Waals surface area contributed by atoms with Gasteiger partial charge in [0.15, 0.2) is 0 Å². The van der Waals surface area contributed by atoms with Gasteiger partial charge in [0.05, 0.1) is 12.0 Å². The van der Waals surface area contributed by atoms with E-state index in [1.165, 1.54) is 5.56 Å². The van der Waals surface area contributed by atoms with Crippen molar-refractivity contribution in [1.29, 1.82) is 0 Å². The zero-order valence-corrected chi connectivity index (χ0v) is 12.3. The second-order valence-electron chi connectivity index (χ2n) is 5.72. The quantitative estimate of drug-likeness (QED) is 0.762. The summed E-state index contributed by atoms with van der Waals surface area (Å²) in [4.78, 5) is 14.5. The van der Waals surface area contributed by atoms with Crippen molar-refractivity contribution in [3.8, 4) is 0 Å². The van der Waals surface area contributed by atoms with Crippen LogP contribution in [0.5, 0.6) is 0 Å². The molecule has 19 heavy (non-hydrogen) atoms. The summed E-state index contributed by atoms with van der Waals surface area (Å²) in [6.07, 6.45) is 0.896. The maximum Gasteiger partial charge on any atom is 0.316 e. The summed E-state index contributed by atoms with van der Waals surface area (Å²) in [5, 5.41) is 0. The molecule has 0 amide bonds. The number of rotatable bonds is 5. The van der Waals surface area contributed by atoms with Crippen LogP contribution in [-0.4, -0.2) is 38.1 Å². The molecule has 2 rings (SSSR count). The standard InChI is InChI=1S/C16H23NO2/c1-5-19-15(18)16(10-14(16)11-17(3)4)13-8-6-12(2)7-9-13/h6-9,14H,5,10-11H2,1-4H3. The molecule has 3 nitrogen and oxygen atoms in total. The lowest BCUT2D eigenvalue weighted by atomic mass is 9.92. The van der Waals surface area contributed by atoms with E-state index in [-0.39, 0.29) is 5.97 Å². The van der Waals surface area contributed by atoms with Crippen molar-refractivity contribution in [2.75, 3.05) is 27.2 Å². The first-order valence-electron chi connectivity index (χ1n) is 6.89. The fourth-order valence-electron chi connectivity index (χ4n) is 2.82. The van der Waals surface area contributed by atoms with Gasteiger partial charge in [-0.2, -0.15) is 0 Å². The molecule has 0 N–H and O–H groups in total. The van der Waals surface area contributed by atoms with E-state index < -0.39 is 5.41 Å². The number of aryl methyl sites for hydroxylation is 1. The molecule has 0 spiro atoms. The first-order chi connectivity index (χ1) is 9.00. The highest BCUT2D eigenvalue weighted by molar-refractivity contribution is 5.87. The van der Waals surface area contributed by atoms with Crippen LogP contribution in [0.3, 0.4) is 0 Å². The van der Waals surface area contributed by atoms with Gasteiger partial charge in [-0.3, -0.25) is 4.79 Å². The first-order valence-corrected chi connectivity index (χ1v) is 6.89. The number of carbonyl (C=O) groups excluding carboxylic acids is 1. The molecule has 2 atom stereocenters. The van der Waals surface area contributed by atoms with Crippen LogP contribution >= 0.6 is 0 Å². The largest absolute Gasteiger partial charge is 0.465 e. The van der Waals surface area contributed by atoms with Crippen LogP contribution in [0.4, 0.5) is 0 Å². The van der Waals surface area contributed by atoms with E-state index >= 15 is 0 Å². The van der Waals surface area contributed by atoms with Gasteiger partial charge in [0.1, 0.15) is 0 Å². The van der Waals surface area contributed by atoms with Gasteiger partial charge in [-0.15, -0.1) is 0 Å². The van der Waals surface area contributed by atoms with E-state index in [4.69, 9.17) is 4.74 Å². The van der Waals surface area contributed by atoms with Crippen LogP contribution in [0.15, 0.2) is 24.3 Å². The van der Waals surface area contributed by atoms with Crippen molar-refractivity contribution in [3.05, 3.63) is 35.4 Å². The third-order valence-corrected chi connectivity index (χ3v) is 3.90. The molecule has 3 heteroatoms. The summed E-state index contributed by atoms with van der Waals surface area (Å²) in [5.74, 6) is 0.301.